The van der Waals surface area contributed by atoms with E-state index >= 15 is 0 Å². The van der Waals surface area contributed by atoms with Crippen LogP contribution in [0.15, 0.2) is 12.1 Å². The molecular weight excluding hydrogens is 258 g/mol. The van der Waals surface area contributed by atoms with E-state index in [-0.39, 0.29) is 11.3 Å². The summed E-state index contributed by atoms with van der Waals surface area (Å²) in [7, 11) is 0. The van der Waals surface area contributed by atoms with Crippen LogP contribution in [0.1, 0.15) is 23.2 Å². The molecule has 0 saturated carbocycles. The van der Waals surface area contributed by atoms with E-state index < -0.39 is 17.5 Å². The Hall–Kier alpha value is -1.30. The van der Waals surface area contributed by atoms with Crippen LogP contribution in [-0.2, 0) is 0 Å². The van der Waals surface area contributed by atoms with Crippen LogP contribution in [0, 0.1) is 11.6 Å². The number of benzene rings is 1. The quantitative estimate of drug-likeness (QED) is 0.619. The first kappa shape index (κ1) is 14.8. The molecule has 0 aliphatic rings. The van der Waals surface area contributed by atoms with Crippen molar-refractivity contribution in [1.29, 1.82) is 0 Å². The Bertz CT molecular complexity index is 427. The van der Waals surface area contributed by atoms with Gasteiger partial charge in [-0.3, -0.25) is 4.79 Å². The lowest BCUT2D eigenvalue weighted by Gasteiger charge is -2.08. The van der Waals surface area contributed by atoms with E-state index in [2.05, 4.69) is 5.32 Å². The Morgan fingerprint density at radius 1 is 1.33 bits per heavy atom. The Labute approximate surface area is 109 Å². The summed E-state index contributed by atoms with van der Waals surface area (Å²) in [6.07, 6.45) is 3.85. The van der Waals surface area contributed by atoms with Crippen LogP contribution >= 0.6 is 11.8 Å². The molecule has 0 unspecified atom stereocenters. The van der Waals surface area contributed by atoms with E-state index in [0.717, 1.165) is 30.7 Å². The number of nitrogen functional groups attached to an aromatic ring is 1. The Balaban J connectivity index is 2.54. The molecule has 6 heteroatoms. The number of anilines is 1. The second-order valence-corrected chi connectivity index (χ2v) is 4.79. The number of hydrogen-bond acceptors (Lipinski definition) is 3. The molecule has 0 atom stereocenters. The van der Waals surface area contributed by atoms with Crippen molar-refractivity contribution in [3.8, 4) is 0 Å². The lowest BCUT2D eigenvalue weighted by atomic mass is 10.1. The largest absolute Gasteiger partial charge is 0.398 e. The fourth-order valence-corrected chi connectivity index (χ4v) is 1.92. The molecule has 100 valence electrons. The summed E-state index contributed by atoms with van der Waals surface area (Å²) in [4.78, 5) is 11.7. The zero-order valence-corrected chi connectivity index (χ0v) is 10.9. The number of amides is 1. The van der Waals surface area contributed by atoms with Crippen molar-refractivity contribution in [2.24, 2.45) is 0 Å². The minimum Gasteiger partial charge on any atom is -0.398 e. The number of carbonyl (C=O) groups excluding carboxylic acids is 1. The first-order valence-corrected chi connectivity index (χ1v) is 6.97. The van der Waals surface area contributed by atoms with Crippen LogP contribution in [0.4, 0.5) is 14.5 Å². The molecule has 0 heterocycles. The molecule has 0 aliphatic carbocycles. The topological polar surface area (TPSA) is 55.1 Å². The van der Waals surface area contributed by atoms with Crippen molar-refractivity contribution in [3.63, 3.8) is 0 Å². The number of carbonyl (C=O) groups is 1. The minimum absolute atomic E-state index is 0.0289. The van der Waals surface area contributed by atoms with E-state index in [0.29, 0.717) is 6.54 Å². The molecule has 0 aromatic heterocycles. The Kier molecular flexibility index (Phi) is 5.91. The van der Waals surface area contributed by atoms with Crippen molar-refractivity contribution in [2.45, 2.75) is 12.8 Å². The standard InChI is InChI=1S/C12H16F2N2OS/c1-18-5-3-2-4-16-12(17)8-6-9(13)10(14)7-11(8)15/h6-7H,2-5,15H2,1H3,(H,16,17). The highest BCUT2D eigenvalue weighted by Crippen LogP contribution is 2.16. The Morgan fingerprint density at radius 3 is 2.67 bits per heavy atom. The third kappa shape index (κ3) is 4.18. The Morgan fingerprint density at radius 2 is 2.00 bits per heavy atom. The zero-order valence-electron chi connectivity index (χ0n) is 10.1. The SMILES string of the molecule is CSCCCCNC(=O)c1cc(F)c(F)cc1N. The number of unbranched alkanes of at least 4 members (excludes halogenated alkanes) is 1. The lowest BCUT2D eigenvalue weighted by Crippen LogP contribution is -2.25. The first-order valence-electron chi connectivity index (χ1n) is 5.58. The van der Waals surface area contributed by atoms with Crippen LogP contribution in [0.2, 0.25) is 0 Å². The van der Waals surface area contributed by atoms with Gasteiger partial charge in [0, 0.05) is 18.3 Å². The number of thioether (sulfide) groups is 1. The van der Waals surface area contributed by atoms with Crippen LogP contribution in [0.25, 0.3) is 0 Å². The molecule has 3 N–H and O–H groups in total. The van der Waals surface area contributed by atoms with Crippen molar-refractivity contribution in [2.75, 3.05) is 24.3 Å². The van der Waals surface area contributed by atoms with Gasteiger partial charge in [0.25, 0.3) is 5.91 Å². The van der Waals surface area contributed by atoms with Gasteiger partial charge >= 0.3 is 0 Å². The maximum atomic E-state index is 13.0. The van der Waals surface area contributed by atoms with Gasteiger partial charge in [0.1, 0.15) is 0 Å². The predicted molar refractivity (Wildman–Crippen MR) is 70.7 cm³/mol. The lowest BCUT2D eigenvalue weighted by molar-refractivity contribution is 0.0953. The molecule has 0 saturated heterocycles. The molecule has 3 nitrogen and oxygen atoms in total. The van der Waals surface area contributed by atoms with E-state index in [1.54, 1.807) is 11.8 Å². The molecule has 0 radical (unpaired) electrons. The third-order valence-corrected chi connectivity index (χ3v) is 3.09. The van der Waals surface area contributed by atoms with Crippen molar-refractivity contribution < 1.29 is 13.6 Å². The molecule has 1 aromatic carbocycles. The van der Waals surface area contributed by atoms with Gasteiger partial charge in [0.15, 0.2) is 11.6 Å². The van der Waals surface area contributed by atoms with Gasteiger partial charge in [-0.25, -0.2) is 8.78 Å². The molecule has 1 aromatic rings. The van der Waals surface area contributed by atoms with Gasteiger partial charge in [-0.15, -0.1) is 0 Å². The molecule has 1 amide bonds. The summed E-state index contributed by atoms with van der Waals surface area (Å²) >= 11 is 1.74. The van der Waals surface area contributed by atoms with Gasteiger partial charge in [0.05, 0.1) is 5.56 Å². The summed E-state index contributed by atoms with van der Waals surface area (Å²) in [6, 6.07) is 1.64. The molecule has 0 spiro atoms. The molecule has 18 heavy (non-hydrogen) atoms. The molecular formula is C12H16F2N2OS. The number of rotatable bonds is 6. The van der Waals surface area contributed by atoms with Crippen LogP contribution in [0.3, 0.4) is 0 Å². The summed E-state index contributed by atoms with van der Waals surface area (Å²) in [6.45, 7) is 0.498. The van der Waals surface area contributed by atoms with Crippen LogP contribution < -0.4 is 11.1 Å². The summed E-state index contributed by atoms with van der Waals surface area (Å²) in [5.41, 5.74) is 5.38. The van der Waals surface area contributed by atoms with Gasteiger partial charge < -0.3 is 11.1 Å². The average molecular weight is 274 g/mol. The summed E-state index contributed by atoms with van der Waals surface area (Å²) in [5.74, 6) is -1.57. The smallest absolute Gasteiger partial charge is 0.253 e. The number of hydrogen-bond donors (Lipinski definition) is 2. The second-order valence-electron chi connectivity index (χ2n) is 3.81. The first-order chi connectivity index (χ1) is 8.56. The highest BCUT2D eigenvalue weighted by molar-refractivity contribution is 7.98. The molecule has 1 rings (SSSR count). The number of halogens is 2. The maximum Gasteiger partial charge on any atom is 0.253 e. The maximum absolute atomic E-state index is 13.0. The van der Waals surface area contributed by atoms with Crippen molar-refractivity contribution in [3.05, 3.63) is 29.3 Å². The monoisotopic (exact) mass is 274 g/mol. The third-order valence-electron chi connectivity index (χ3n) is 2.40. The highest BCUT2D eigenvalue weighted by atomic mass is 32.2. The summed E-state index contributed by atoms with van der Waals surface area (Å²) in [5, 5.41) is 2.63. The van der Waals surface area contributed by atoms with Gasteiger partial charge in [-0.05, 0) is 30.9 Å². The number of nitrogens with one attached hydrogen (secondary N) is 1. The second kappa shape index (κ2) is 7.20. The molecule has 0 fully saturated rings. The number of nitrogens with two attached hydrogens (primary N) is 1. The van der Waals surface area contributed by atoms with E-state index in [4.69, 9.17) is 5.73 Å². The van der Waals surface area contributed by atoms with E-state index in [1.165, 1.54) is 0 Å². The average Bonchev–Trinajstić information content (AvgIpc) is 2.33. The van der Waals surface area contributed by atoms with Crippen LogP contribution in [0.5, 0.6) is 0 Å². The molecule has 0 aliphatic heterocycles. The fourth-order valence-electron chi connectivity index (χ4n) is 1.43. The zero-order chi connectivity index (χ0) is 13.5. The van der Waals surface area contributed by atoms with Crippen LogP contribution in [-0.4, -0.2) is 24.5 Å². The van der Waals surface area contributed by atoms with Gasteiger partial charge in [0.2, 0.25) is 0 Å². The summed E-state index contributed by atoms with van der Waals surface area (Å²) < 4.78 is 25.8. The normalized spacial score (nSPS) is 10.4. The van der Waals surface area contributed by atoms with Gasteiger partial charge in [-0.2, -0.15) is 11.8 Å². The van der Waals surface area contributed by atoms with Crippen molar-refractivity contribution in [1.82, 2.24) is 5.32 Å². The van der Waals surface area contributed by atoms with Crippen molar-refractivity contribution >= 4 is 23.4 Å². The molecule has 0 bridgehead atoms. The van der Waals surface area contributed by atoms with E-state index in [9.17, 15) is 13.6 Å². The van der Waals surface area contributed by atoms with E-state index in [1.807, 2.05) is 6.26 Å². The van der Waals surface area contributed by atoms with Gasteiger partial charge in [-0.1, -0.05) is 0 Å². The highest BCUT2D eigenvalue weighted by Gasteiger charge is 2.13. The predicted octanol–water partition coefficient (Wildman–Crippen LogP) is 2.42. The minimum atomic E-state index is -1.07. The fraction of sp³-hybridized carbons (Fsp3) is 0.417.